The first-order valence-corrected chi connectivity index (χ1v) is 52.4. The topological polar surface area (TPSA) is 653 Å². The second kappa shape index (κ2) is 75.1. The highest BCUT2D eigenvalue weighted by Gasteiger charge is 2.42. The molecule has 16 amide bonds. The summed E-state index contributed by atoms with van der Waals surface area (Å²) in [6.07, 6.45) is 23.7. The van der Waals surface area contributed by atoms with Crippen LogP contribution in [-0.4, -0.2) is 242 Å². The molecule has 0 bridgehead atoms. The SMILES string of the molecule is CCCCCCCCCCCCCCCC(=O)N[C@@H](CCCCN)C(=O)N[C@@H](CCCCN)C(=O)N[C@@H](C)C(=O)N[C@@H](CC(C)C)C(=O)N[C@@H](CCCCN)C(=O)N[C@@H](CC(C)C)C(=O)N[C@@H](C)C(=O)N[C@@H](CCCCN)C(=O)N[C@@H](CCCCN)C(=O)N1CCC[C@H]1C(=O)N[C@@H](CC(C)C)C(=O)N[C@@H](CCCCN)C(=O)N[C@@H](CC(C)C)C(=O)N[C@@H](CC(C)C)C(=O)N[C@@H](CCCCN)C(N)=O. The molecule has 1 saturated heterocycles. The van der Waals surface area contributed by atoms with Crippen LogP contribution in [0.3, 0.4) is 0 Å². The van der Waals surface area contributed by atoms with Crippen LogP contribution in [0.4, 0.5) is 0 Å². The number of nitrogens with zero attached hydrogens (tertiary/aromatic N) is 1. The highest BCUT2D eigenvalue weighted by atomic mass is 16.2. The minimum absolute atomic E-state index is 0.0336. The molecule has 0 unspecified atom stereocenters. The van der Waals surface area contributed by atoms with E-state index in [2.05, 4.69) is 81.4 Å². The van der Waals surface area contributed by atoms with Crippen molar-refractivity contribution in [1.82, 2.24) is 79.3 Å². The smallest absolute Gasteiger partial charge is 0.245 e. The number of carbonyl (C=O) groups is 16. The minimum atomic E-state index is -1.35. The Balaban J connectivity index is 3.53. The van der Waals surface area contributed by atoms with E-state index in [1.54, 1.807) is 0 Å². The summed E-state index contributed by atoms with van der Waals surface area (Å²) in [5, 5.41) is 39.1. The molecule has 0 aromatic heterocycles. The van der Waals surface area contributed by atoms with Gasteiger partial charge in [-0.3, -0.25) is 76.7 Å². The van der Waals surface area contributed by atoms with Gasteiger partial charge in [0.1, 0.15) is 90.6 Å². The highest BCUT2D eigenvalue weighted by Crippen LogP contribution is 2.24. The fourth-order valence-electron chi connectivity index (χ4n) is 16.7. The molecule has 0 aliphatic carbocycles. The Bertz CT molecular complexity index is 3560. The zero-order valence-corrected chi connectivity index (χ0v) is 86.5. The third-order valence-corrected chi connectivity index (χ3v) is 24.6. The molecule has 0 aromatic carbocycles. The van der Waals surface area contributed by atoms with Gasteiger partial charge in [0.15, 0.2) is 0 Å². The largest absolute Gasteiger partial charge is 0.368 e. The maximum atomic E-state index is 15.1. The molecule has 1 aliphatic heterocycles. The third kappa shape index (κ3) is 55.4. The summed E-state index contributed by atoms with van der Waals surface area (Å²) >= 11 is 0. The van der Waals surface area contributed by atoms with Crippen molar-refractivity contribution in [2.45, 2.75) is 450 Å². The molecule has 15 atom stereocenters. The lowest BCUT2D eigenvalue weighted by molar-refractivity contribution is -0.143. The van der Waals surface area contributed by atoms with Crippen LogP contribution in [0.1, 0.15) is 360 Å². The molecule has 0 aromatic rings. The summed E-state index contributed by atoms with van der Waals surface area (Å²) in [6.45, 7) is 25.6. The molecular weight excluding hydrogens is 1770 g/mol. The van der Waals surface area contributed by atoms with Gasteiger partial charge in [-0.05, 0) is 275 Å². The summed E-state index contributed by atoms with van der Waals surface area (Å²) in [5.74, 6) is -11.8. The van der Waals surface area contributed by atoms with Crippen LogP contribution in [0, 0.1) is 29.6 Å². The Morgan fingerprint density at radius 2 is 0.478 bits per heavy atom. The number of hydrogen-bond acceptors (Lipinski definition) is 23. The first-order chi connectivity index (χ1) is 65.7. The molecule has 0 saturated carbocycles. The first kappa shape index (κ1) is 127. The number of nitrogens with one attached hydrogen (secondary N) is 14. The van der Waals surface area contributed by atoms with Crippen LogP contribution < -0.4 is 120 Å². The first-order valence-electron chi connectivity index (χ1n) is 52.4. The number of amides is 16. The fourth-order valence-corrected chi connectivity index (χ4v) is 16.7. The standard InChI is InChI=1S/C99H189N23O16/c1-14-15-16-17-18-19-20-21-22-23-24-25-26-50-84(123)110-72(43-28-35-52-101)89(128)113-73(44-29-36-53-102)88(127)108-70(13)87(126)117-79(60-65(4)5)95(134)114-75(46-31-38-55-104)91(130)118-78(59-64(2)3)93(132)109-69(12)86(125)112-74(45-30-37-54-103)90(129)116-77(48-33-40-57-106)99(138)122-58-41-49-83(122)98(137)121-82(63-68(10)11)96(135)115-76(47-32-39-56-105)92(131)119-81(62-67(8)9)97(136)120-80(61-66(6)7)94(133)111-71(85(107)124)42-27-34-51-100/h64-83H,14-63,100-106H2,1-13H3,(H2,107,124)(H,108,127)(H,109,132)(H,110,123)(H,111,133)(H,112,125)(H,113,128)(H,114,134)(H,115,135)(H,116,129)(H,117,126)(H,118,130)(H,119,131)(H,120,136)(H,121,137)/t69-,70-,71-,72-,73-,74-,75-,76-,77-,78-,79-,80-,81-,82-,83-/m0/s1. The predicted octanol–water partition coefficient (Wildman–Crippen LogP) is 3.90. The van der Waals surface area contributed by atoms with Crippen molar-refractivity contribution >= 4 is 94.5 Å². The molecule has 0 spiro atoms. The van der Waals surface area contributed by atoms with Crippen molar-refractivity contribution in [3.8, 4) is 0 Å². The van der Waals surface area contributed by atoms with Gasteiger partial charge in [-0.2, -0.15) is 0 Å². The average Bonchev–Trinajstić information content (AvgIpc) is 1.73. The lowest BCUT2D eigenvalue weighted by atomic mass is 9.98. The van der Waals surface area contributed by atoms with E-state index in [0.29, 0.717) is 122 Å². The number of hydrogen-bond donors (Lipinski definition) is 22. The van der Waals surface area contributed by atoms with Crippen LogP contribution in [0.25, 0.3) is 0 Å². The second-order valence-electron chi connectivity index (χ2n) is 40.0. The number of nitrogens with two attached hydrogens (primary N) is 8. The van der Waals surface area contributed by atoms with E-state index in [4.69, 9.17) is 45.9 Å². The summed E-state index contributed by atoms with van der Waals surface area (Å²) < 4.78 is 0. The number of carbonyl (C=O) groups excluding carboxylic acids is 16. The van der Waals surface area contributed by atoms with Gasteiger partial charge in [0.25, 0.3) is 0 Å². The molecule has 1 rings (SSSR count). The van der Waals surface area contributed by atoms with E-state index in [1.807, 2.05) is 69.2 Å². The van der Waals surface area contributed by atoms with Crippen LogP contribution in [0.15, 0.2) is 0 Å². The van der Waals surface area contributed by atoms with E-state index < -0.39 is 179 Å². The Morgan fingerprint density at radius 1 is 0.254 bits per heavy atom. The van der Waals surface area contributed by atoms with Crippen LogP contribution in [-0.2, 0) is 76.7 Å². The second-order valence-corrected chi connectivity index (χ2v) is 40.0. The molecule has 1 aliphatic rings. The zero-order valence-electron chi connectivity index (χ0n) is 86.5. The zero-order chi connectivity index (χ0) is 104. The van der Waals surface area contributed by atoms with E-state index in [1.165, 1.54) is 76.5 Å². The van der Waals surface area contributed by atoms with Crippen molar-refractivity contribution in [2.24, 2.45) is 75.5 Å². The maximum Gasteiger partial charge on any atom is 0.245 e. The molecule has 39 nitrogen and oxygen atoms in total. The Kier molecular flexibility index (Phi) is 69.3. The molecule has 0 radical (unpaired) electrons. The molecule has 1 heterocycles. The van der Waals surface area contributed by atoms with Crippen LogP contribution in [0.5, 0.6) is 0 Å². The fraction of sp³-hybridized carbons (Fsp3) is 0.838. The lowest BCUT2D eigenvalue weighted by Crippen LogP contribution is -2.61. The quantitative estimate of drug-likeness (QED) is 0.0384. The maximum absolute atomic E-state index is 15.1. The Labute approximate surface area is 824 Å². The number of unbranched alkanes of at least 4 members (excludes halogenated alkanes) is 19. The van der Waals surface area contributed by atoms with Crippen molar-refractivity contribution in [3.63, 3.8) is 0 Å². The monoisotopic (exact) mass is 1960 g/mol. The third-order valence-electron chi connectivity index (χ3n) is 24.6. The predicted molar refractivity (Wildman–Crippen MR) is 540 cm³/mol. The number of likely N-dealkylation sites (tertiary alicyclic amines) is 1. The van der Waals surface area contributed by atoms with Gasteiger partial charge in [-0.15, -0.1) is 0 Å². The van der Waals surface area contributed by atoms with Gasteiger partial charge in [0.05, 0.1) is 0 Å². The van der Waals surface area contributed by atoms with Gasteiger partial charge < -0.3 is 125 Å². The number of rotatable bonds is 81. The molecule has 39 heteroatoms. The van der Waals surface area contributed by atoms with Gasteiger partial charge in [-0.1, -0.05) is 153 Å². The highest BCUT2D eigenvalue weighted by molar-refractivity contribution is 6.01. The Morgan fingerprint density at radius 3 is 0.775 bits per heavy atom. The van der Waals surface area contributed by atoms with E-state index >= 15 is 4.79 Å². The van der Waals surface area contributed by atoms with Crippen molar-refractivity contribution < 1.29 is 76.7 Å². The summed E-state index contributed by atoms with van der Waals surface area (Å²) in [4.78, 5) is 230. The lowest BCUT2D eigenvalue weighted by Gasteiger charge is -2.31. The molecule has 30 N–H and O–H groups in total. The molecule has 1 fully saturated rings. The van der Waals surface area contributed by atoms with Crippen molar-refractivity contribution in [2.75, 3.05) is 52.4 Å². The molecule has 138 heavy (non-hydrogen) atoms. The molecule has 796 valence electrons. The molecular formula is C99H189N23O16. The van der Waals surface area contributed by atoms with Crippen LogP contribution >= 0.6 is 0 Å². The number of primary amides is 1. The van der Waals surface area contributed by atoms with Gasteiger partial charge in [0.2, 0.25) is 94.5 Å². The van der Waals surface area contributed by atoms with Crippen molar-refractivity contribution in [3.05, 3.63) is 0 Å². The van der Waals surface area contributed by atoms with Crippen molar-refractivity contribution in [1.29, 1.82) is 0 Å². The normalized spacial score (nSPS) is 15.7. The van der Waals surface area contributed by atoms with Gasteiger partial charge >= 0.3 is 0 Å². The van der Waals surface area contributed by atoms with Crippen LogP contribution in [0.2, 0.25) is 0 Å². The summed E-state index contributed by atoms with van der Waals surface area (Å²) in [6, 6.07) is -18.0. The van der Waals surface area contributed by atoms with E-state index in [0.717, 1.165) is 19.3 Å². The average molecular weight is 1960 g/mol. The van der Waals surface area contributed by atoms with Gasteiger partial charge in [-0.25, -0.2) is 0 Å². The summed E-state index contributed by atoms with van der Waals surface area (Å²) in [5.41, 5.74) is 46.7. The Hall–Kier alpha value is -8.76. The van der Waals surface area contributed by atoms with E-state index in [9.17, 15) is 71.9 Å². The minimum Gasteiger partial charge on any atom is -0.368 e. The van der Waals surface area contributed by atoms with Gasteiger partial charge in [0, 0.05) is 13.0 Å². The van der Waals surface area contributed by atoms with E-state index in [-0.39, 0.29) is 158 Å². The summed E-state index contributed by atoms with van der Waals surface area (Å²) in [7, 11) is 0.